The lowest BCUT2D eigenvalue weighted by atomic mass is 10.1. The smallest absolute Gasteiger partial charge is 0.272 e. The third kappa shape index (κ3) is 5.23. The van der Waals surface area contributed by atoms with Crippen LogP contribution in [-0.2, 0) is 0 Å². The van der Waals surface area contributed by atoms with E-state index in [0.717, 1.165) is 0 Å². The first kappa shape index (κ1) is 19.7. The Morgan fingerprint density at radius 3 is 2.76 bits per heavy atom. The highest BCUT2D eigenvalue weighted by atomic mass is 19.3. The van der Waals surface area contributed by atoms with Crippen LogP contribution in [-0.4, -0.2) is 29.2 Å². The van der Waals surface area contributed by atoms with Gasteiger partial charge in [0.15, 0.2) is 0 Å². The van der Waals surface area contributed by atoms with Crippen molar-refractivity contribution in [3.8, 4) is 23.1 Å². The average Bonchev–Trinajstić information content (AvgIpc) is 2.73. The van der Waals surface area contributed by atoms with Crippen molar-refractivity contribution in [3.63, 3.8) is 0 Å². The van der Waals surface area contributed by atoms with Gasteiger partial charge in [-0.3, -0.25) is 9.78 Å². The summed E-state index contributed by atoms with van der Waals surface area (Å²) in [5, 5.41) is 13.2. The lowest BCUT2D eigenvalue weighted by molar-refractivity contribution is 0.0819. The molecule has 7 nitrogen and oxygen atoms in total. The number of aromatic nitrogens is 2. The highest BCUT2D eigenvalue weighted by molar-refractivity contribution is 5.80. The molecule has 2 N–H and O–H groups in total. The number of ether oxygens (including phenoxy) is 1. The Labute approximate surface area is 164 Å². The molecular weight excluding hydrogens is 380 g/mol. The van der Waals surface area contributed by atoms with Crippen molar-refractivity contribution in [1.29, 1.82) is 5.26 Å². The maximum Gasteiger partial charge on any atom is 0.272 e. The Kier molecular flexibility index (Phi) is 6.27. The first-order chi connectivity index (χ1) is 14.1. The summed E-state index contributed by atoms with van der Waals surface area (Å²) in [6, 6.07) is 17.1. The summed E-state index contributed by atoms with van der Waals surface area (Å²) in [5.41, 5.74) is 3.34. The number of nitrogens with zero attached hydrogens (tertiary/aromatic N) is 3. The lowest BCUT2D eigenvalue weighted by Gasteiger charge is -2.06. The number of halogens is 2. The van der Waals surface area contributed by atoms with E-state index in [0.29, 0.717) is 11.1 Å². The molecule has 0 fully saturated rings. The molecule has 0 aliphatic carbocycles. The molecular formula is C20H15F2N5O2. The van der Waals surface area contributed by atoms with E-state index in [1.807, 2.05) is 12.1 Å². The van der Waals surface area contributed by atoms with Crippen molar-refractivity contribution in [2.75, 3.05) is 12.0 Å². The van der Waals surface area contributed by atoms with Crippen molar-refractivity contribution in [2.24, 2.45) is 5.10 Å². The van der Waals surface area contributed by atoms with E-state index in [4.69, 9.17) is 4.74 Å². The van der Waals surface area contributed by atoms with Crippen LogP contribution >= 0.6 is 0 Å². The SMILES string of the molecule is N#Cc1c(-c2ccccc2)nc(NN=Cc2cccc(OCC(F)F)c2)[nH]c1=O. The minimum Gasteiger partial charge on any atom is -0.488 e. The molecule has 0 saturated carbocycles. The molecule has 0 aliphatic heterocycles. The summed E-state index contributed by atoms with van der Waals surface area (Å²) in [6.45, 7) is -0.697. The zero-order valence-electron chi connectivity index (χ0n) is 15.0. The predicted molar refractivity (Wildman–Crippen MR) is 104 cm³/mol. The number of rotatable bonds is 7. The highest BCUT2D eigenvalue weighted by Gasteiger charge is 2.12. The van der Waals surface area contributed by atoms with Crippen LogP contribution in [0.3, 0.4) is 0 Å². The van der Waals surface area contributed by atoms with E-state index >= 15 is 0 Å². The third-order valence-electron chi connectivity index (χ3n) is 3.70. The Balaban J connectivity index is 1.79. The van der Waals surface area contributed by atoms with Gasteiger partial charge in [0.1, 0.15) is 24.0 Å². The third-order valence-corrected chi connectivity index (χ3v) is 3.70. The summed E-state index contributed by atoms with van der Waals surface area (Å²) in [7, 11) is 0. The summed E-state index contributed by atoms with van der Waals surface area (Å²) in [4.78, 5) is 18.9. The van der Waals surface area contributed by atoms with Crippen LogP contribution in [0.1, 0.15) is 11.1 Å². The van der Waals surface area contributed by atoms with Gasteiger partial charge < -0.3 is 4.74 Å². The molecule has 29 heavy (non-hydrogen) atoms. The fourth-order valence-electron chi connectivity index (χ4n) is 2.45. The van der Waals surface area contributed by atoms with E-state index < -0.39 is 18.6 Å². The van der Waals surface area contributed by atoms with Crippen LogP contribution in [0, 0.1) is 11.3 Å². The maximum absolute atomic E-state index is 12.2. The zero-order chi connectivity index (χ0) is 20.6. The number of benzene rings is 2. The number of nitrogens with one attached hydrogen (secondary N) is 2. The van der Waals surface area contributed by atoms with Crippen molar-refractivity contribution in [1.82, 2.24) is 9.97 Å². The number of nitriles is 1. The molecule has 9 heteroatoms. The molecule has 0 atom stereocenters. The molecule has 2 aromatic carbocycles. The Morgan fingerprint density at radius 1 is 1.24 bits per heavy atom. The largest absolute Gasteiger partial charge is 0.488 e. The van der Waals surface area contributed by atoms with Crippen molar-refractivity contribution >= 4 is 12.2 Å². The Morgan fingerprint density at radius 2 is 2.03 bits per heavy atom. The number of hydrogen-bond acceptors (Lipinski definition) is 6. The quantitative estimate of drug-likeness (QED) is 0.471. The summed E-state index contributed by atoms with van der Waals surface area (Å²) < 4.78 is 29.4. The Hall–Kier alpha value is -4.06. The zero-order valence-corrected chi connectivity index (χ0v) is 15.0. The van der Waals surface area contributed by atoms with E-state index in [2.05, 4.69) is 20.5 Å². The topological polar surface area (TPSA) is 103 Å². The fraction of sp³-hybridized carbons (Fsp3) is 0.100. The monoisotopic (exact) mass is 395 g/mol. The maximum atomic E-state index is 12.2. The Bertz CT molecular complexity index is 1110. The van der Waals surface area contributed by atoms with Gasteiger partial charge in [0.2, 0.25) is 5.95 Å². The van der Waals surface area contributed by atoms with Crippen molar-refractivity contribution < 1.29 is 13.5 Å². The molecule has 146 valence electrons. The van der Waals surface area contributed by atoms with Crippen LogP contribution in [0.4, 0.5) is 14.7 Å². The number of hydrogen-bond donors (Lipinski definition) is 2. The van der Waals surface area contributed by atoms with Gasteiger partial charge in [-0.15, -0.1) is 0 Å². The van der Waals surface area contributed by atoms with E-state index in [-0.39, 0.29) is 23.0 Å². The second-order valence-electron chi connectivity index (χ2n) is 5.76. The molecule has 1 aromatic heterocycles. The van der Waals surface area contributed by atoms with Crippen LogP contribution in [0.5, 0.6) is 5.75 Å². The standard InChI is InChI=1S/C20H15F2N5O2/c21-17(22)12-29-15-8-4-5-13(9-15)11-24-27-20-25-18(14-6-2-1-3-7-14)16(10-23)19(28)26-20/h1-9,11,17H,12H2,(H2,25,26,27,28). The number of H-pyrrole nitrogens is 1. The molecule has 3 aromatic rings. The molecule has 0 aliphatic rings. The van der Waals surface area contributed by atoms with Crippen molar-refractivity contribution in [3.05, 3.63) is 76.1 Å². The van der Waals surface area contributed by atoms with Gasteiger partial charge in [0.25, 0.3) is 12.0 Å². The van der Waals surface area contributed by atoms with Gasteiger partial charge in [-0.1, -0.05) is 42.5 Å². The first-order valence-electron chi connectivity index (χ1n) is 8.46. The van der Waals surface area contributed by atoms with Gasteiger partial charge in [-0.25, -0.2) is 19.2 Å². The molecule has 3 rings (SSSR count). The predicted octanol–water partition coefficient (Wildman–Crippen LogP) is 3.40. The average molecular weight is 395 g/mol. The summed E-state index contributed by atoms with van der Waals surface area (Å²) in [6.07, 6.45) is -1.15. The minimum absolute atomic E-state index is 0.0502. The molecule has 1 heterocycles. The second-order valence-corrected chi connectivity index (χ2v) is 5.76. The van der Waals surface area contributed by atoms with E-state index in [1.54, 1.807) is 42.5 Å². The normalized spacial score (nSPS) is 10.8. The van der Waals surface area contributed by atoms with Gasteiger partial charge in [-0.05, 0) is 17.7 Å². The van der Waals surface area contributed by atoms with Crippen LogP contribution in [0.15, 0.2) is 64.5 Å². The van der Waals surface area contributed by atoms with Crippen LogP contribution in [0.2, 0.25) is 0 Å². The molecule has 0 bridgehead atoms. The van der Waals surface area contributed by atoms with E-state index in [9.17, 15) is 18.8 Å². The fourth-order valence-corrected chi connectivity index (χ4v) is 2.45. The summed E-state index contributed by atoms with van der Waals surface area (Å²) in [5.74, 6) is 0.333. The first-order valence-corrected chi connectivity index (χ1v) is 8.46. The summed E-state index contributed by atoms with van der Waals surface area (Å²) >= 11 is 0. The minimum atomic E-state index is -2.56. The van der Waals surface area contributed by atoms with Gasteiger partial charge in [-0.2, -0.15) is 10.4 Å². The van der Waals surface area contributed by atoms with Gasteiger partial charge >= 0.3 is 0 Å². The number of anilines is 1. The highest BCUT2D eigenvalue weighted by Crippen LogP contribution is 2.19. The molecule has 0 saturated heterocycles. The van der Waals surface area contributed by atoms with Gasteiger partial charge in [0, 0.05) is 5.56 Å². The molecule has 0 amide bonds. The van der Waals surface area contributed by atoms with Crippen LogP contribution in [0.25, 0.3) is 11.3 Å². The number of hydrazone groups is 1. The lowest BCUT2D eigenvalue weighted by Crippen LogP contribution is -2.16. The van der Waals surface area contributed by atoms with Gasteiger partial charge in [0.05, 0.1) is 11.9 Å². The number of alkyl halides is 2. The molecule has 0 unspecified atom stereocenters. The second kappa shape index (κ2) is 9.23. The van der Waals surface area contributed by atoms with Crippen LogP contribution < -0.4 is 15.7 Å². The molecule has 0 radical (unpaired) electrons. The van der Waals surface area contributed by atoms with Crippen molar-refractivity contribution in [2.45, 2.75) is 6.43 Å². The molecule has 0 spiro atoms. The van der Waals surface area contributed by atoms with E-state index in [1.165, 1.54) is 12.3 Å². The number of aromatic amines is 1.